The third-order valence-electron chi connectivity index (χ3n) is 11.4. The molecule has 0 fully saturated rings. The van der Waals surface area contributed by atoms with Crippen molar-refractivity contribution in [1.29, 1.82) is 0 Å². The van der Waals surface area contributed by atoms with Crippen molar-refractivity contribution in [3.63, 3.8) is 0 Å². The predicted molar refractivity (Wildman–Crippen MR) is 279 cm³/mol. The van der Waals surface area contributed by atoms with Crippen LogP contribution in [0, 0.1) is 0 Å². The minimum atomic E-state index is -0.803. The summed E-state index contributed by atoms with van der Waals surface area (Å²) in [5, 5.41) is 0. The first-order valence-corrected chi connectivity index (χ1v) is 27.1. The molecule has 0 saturated heterocycles. The number of hydrogen-bond donors (Lipinski definition) is 0. The van der Waals surface area contributed by atoms with Gasteiger partial charge in [0.05, 0.1) is 0 Å². The summed E-state index contributed by atoms with van der Waals surface area (Å²) in [7, 11) is 0. The van der Waals surface area contributed by atoms with Crippen LogP contribution in [0.1, 0.15) is 252 Å². The normalized spacial score (nSPS) is 12.7. The molecule has 0 aliphatic carbocycles. The van der Waals surface area contributed by atoms with Gasteiger partial charge < -0.3 is 14.2 Å². The molecule has 0 heterocycles. The molecule has 0 radical (unpaired) electrons. The van der Waals surface area contributed by atoms with E-state index >= 15 is 0 Å². The zero-order chi connectivity index (χ0) is 47.2. The summed E-state index contributed by atoms with van der Waals surface area (Å²) in [6, 6.07) is 0. The molecule has 0 amide bonds. The van der Waals surface area contributed by atoms with E-state index in [1.165, 1.54) is 103 Å². The highest BCUT2D eigenvalue weighted by atomic mass is 16.6. The summed E-state index contributed by atoms with van der Waals surface area (Å²) < 4.78 is 16.8. The van der Waals surface area contributed by atoms with Gasteiger partial charge in [-0.15, -0.1) is 0 Å². The van der Waals surface area contributed by atoms with E-state index in [0.717, 1.165) is 103 Å². The Morgan fingerprint density at radius 2 is 0.631 bits per heavy atom. The zero-order valence-electron chi connectivity index (χ0n) is 42.5. The first-order valence-electron chi connectivity index (χ1n) is 27.1. The molecule has 0 aromatic rings. The molecule has 0 N–H and O–H groups in total. The molecule has 0 spiro atoms. The molecule has 0 aliphatic rings. The van der Waals surface area contributed by atoms with Crippen molar-refractivity contribution in [2.45, 2.75) is 258 Å². The van der Waals surface area contributed by atoms with Crippen LogP contribution in [0.3, 0.4) is 0 Å². The Bertz CT molecular complexity index is 1270. The number of unbranched alkanes of at least 4 members (excludes halogenated alkanes) is 23. The fourth-order valence-electron chi connectivity index (χ4n) is 7.32. The van der Waals surface area contributed by atoms with Crippen LogP contribution in [0.25, 0.3) is 0 Å². The maximum Gasteiger partial charge on any atom is 0.306 e. The van der Waals surface area contributed by atoms with Crippen LogP contribution < -0.4 is 0 Å². The number of rotatable bonds is 48. The van der Waals surface area contributed by atoms with Gasteiger partial charge in [-0.05, 0) is 83.5 Å². The third kappa shape index (κ3) is 51.4. The minimum absolute atomic E-state index is 0.100. The van der Waals surface area contributed by atoms with Crippen molar-refractivity contribution in [1.82, 2.24) is 0 Å². The van der Waals surface area contributed by atoms with Gasteiger partial charge in [-0.3, -0.25) is 14.4 Å². The summed E-state index contributed by atoms with van der Waals surface area (Å²) >= 11 is 0. The van der Waals surface area contributed by atoms with Crippen molar-refractivity contribution in [2.75, 3.05) is 13.2 Å². The van der Waals surface area contributed by atoms with Crippen LogP contribution in [-0.4, -0.2) is 37.2 Å². The molecule has 6 heteroatoms. The van der Waals surface area contributed by atoms with Gasteiger partial charge in [0.2, 0.25) is 0 Å². The maximum atomic E-state index is 12.8. The second-order valence-electron chi connectivity index (χ2n) is 17.8. The van der Waals surface area contributed by atoms with Crippen LogP contribution in [-0.2, 0) is 28.6 Å². The van der Waals surface area contributed by atoms with Crippen molar-refractivity contribution in [3.05, 3.63) is 85.1 Å². The van der Waals surface area contributed by atoms with E-state index in [2.05, 4.69) is 106 Å². The Balaban J connectivity index is 4.48. The lowest BCUT2D eigenvalue weighted by atomic mass is 10.0. The number of carbonyl (C=O) groups excluding carboxylic acids is 3. The second kappa shape index (κ2) is 53.2. The summed E-state index contributed by atoms with van der Waals surface area (Å²) in [6.45, 7) is 6.43. The summed E-state index contributed by atoms with van der Waals surface area (Å²) in [5.74, 6) is -0.969. The minimum Gasteiger partial charge on any atom is -0.462 e. The Labute approximate surface area is 401 Å². The molecule has 1 unspecified atom stereocenters. The van der Waals surface area contributed by atoms with Gasteiger partial charge in [0.15, 0.2) is 6.10 Å². The topological polar surface area (TPSA) is 78.9 Å². The predicted octanol–water partition coefficient (Wildman–Crippen LogP) is 18.0. The van der Waals surface area contributed by atoms with Crippen LogP contribution in [0.4, 0.5) is 0 Å². The highest BCUT2D eigenvalue weighted by Crippen LogP contribution is 2.15. The Morgan fingerprint density at radius 3 is 1.05 bits per heavy atom. The Morgan fingerprint density at radius 1 is 0.323 bits per heavy atom. The quantitative estimate of drug-likeness (QED) is 0.0262. The SMILES string of the molecule is CC/C=C\C/C=C\C/C=C\C/C=C\C/C=C\CCCC(=O)OCC(COC(=O)CCCCCCC/C=C\C/C=C\CCCC)OC(=O)CCCCCCCCCCCCCCCCCC. The smallest absolute Gasteiger partial charge is 0.306 e. The summed E-state index contributed by atoms with van der Waals surface area (Å²) in [5.41, 5.74) is 0. The average Bonchev–Trinajstić information content (AvgIpc) is 3.30. The van der Waals surface area contributed by atoms with E-state index in [0.29, 0.717) is 19.3 Å². The van der Waals surface area contributed by atoms with Gasteiger partial charge in [0.25, 0.3) is 0 Å². The highest BCUT2D eigenvalue weighted by Gasteiger charge is 2.19. The van der Waals surface area contributed by atoms with E-state index in [1.807, 2.05) is 0 Å². The molecule has 0 saturated carbocycles. The number of allylic oxidation sites excluding steroid dienone is 14. The Kier molecular flexibility index (Phi) is 50.4. The van der Waals surface area contributed by atoms with Crippen molar-refractivity contribution >= 4 is 17.9 Å². The lowest BCUT2D eigenvalue weighted by Gasteiger charge is -2.18. The second-order valence-corrected chi connectivity index (χ2v) is 17.8. The van der Waals surface area contributed by atoms with Crippen LogP contribution in [0.15, 0.2) is 85.1 Å². The third-order valence-corrected chi connectivity index (χ3v) is 11.4. The molecular formula is C59H100O6. The molecule has 0 rings (SSSR count). The molecule has 0 aromatic carbocycles. The molecule has 0 aromatic heterocycles. The van der Waals surface area contributed by atoms with Crippen molar-refractivity contribution in [2.24, 2.45) is 0 Å². The van der Waals surface area contributed by atoms with Gasteiger partial charge >= 0.3 is 17.9 Å². The average molecular weight is 905 g/mol. The maximum absolute atomic E-state index is 12.8. The lowest BCUT2D eigenvalue weighted by molar-refractivity contribution is -0.167. The first-order chi connectivity index (χ1) is 32.0. The largest absolute Gasteiger partial charge is 0.462 e. The monoisotopic (exact) mass is 905 g/mol. The molecule has 6 nitrogen and oxygen atoms in total. The van der Waals surface area contributed by atoms with E-state index < -0.39 is 6.10 Å². The van der Waals surface area contributed by atoms with E-state index in [-0.39, 0.29) is 37.5 Å². The zero-order valence-corrected chi connectivity index (χ0v) is 42.5. The van der Waals surface area contributed by atoms with Crippen molar-refractivity contribution in [3.8, 4) is 0 Å². The molecule has 0 aliphatic heterocycles. The number of ether oxygens (including phenoxy) is 3. The van der Waals surface area contributed by atoms with Crippen molar-refractivity contribution < 1.29 is 28.6 Å². The number of hydrogen-bond acceptors (Lipinski definition) is 6. The fourth-order valence-corrected chi connectivity index (χ4v) is 7.32. The number of esters is 3. The van der Waals surface area contributed by atoms with E-state index in [1.54, 1.807) is 0 Å². The standard InChI is InChI=1S/C59H100O6/c1-4-7-10-13-16-19-22-25-28-30-32-34-37-40-43-46-49-52-58(61)64-55-56(54-63-57(60)51-48-45-42-39-36-33-27-24-21-18-15-12-9-6-3)65-59(62)53-50-47-44-41-38-35-31-29-26-23-20-17-14-11-8-5-2/h7,10,15-16,18-19,24-25,27-28,32,34,40,43,56H,4-6,8-9,11-14,17,20-23,26,29-31,33,35-39,41-42,44-55H2,1-3H3/b10-7-,18-15-,19-16-,27-24-,28-25-,34-32-,43-40-. The first kappa shape index (κ1) is 61.6. The summed E-state index contributed by atoms with van der Waals surface area (Å²) in [4.78, 5) is 38.0. The molecule has 65 heavy (non-hydrogen) atoms. The highest BCUT2D eigenvalue weighted by molar-refractivity contribution is 5.71. The summed E-state index contributed by atoms with van der Waals surface area (Å²) in [6.07, 6.45) is 68.6. The molecule has 1 atom stereocenters. The lowest BCUT2D eigenvalue weighted by Crippen LogP contribution is -2.30. The van der Waals surface area contributed by atoms with Crippen LogP contribution in [0.5, 0.6) is 0 Å². The van der Waals surface area contributed by atoms with Gasteiger partial charge in [-0.2, -0.15) is 0 Å². The molecular weight excluding hydrogens is 805 g/mol. The van der Waals surface area contributed by atoms with E-state index in [4.69, 9.17) is 14.2 Å². The van der Waals surface area contributed by atoms with Gasteiger partial charge in [-0.25, -0.2) is 0 Å². The van der Waals surface area contributed by atoms with Gasteiger partial charge in [-0.1, -0.05) is 234 Å². The van der Waals surface area contributed by atoms with Gasteiger partial charge in [0, 0.05) is 19.3 Å². The molecule has 372 valence electrons. The fraction of sp³-hybridized carbons (Fsp3) is 0.712. The van der Waals surface area contributed by atoms with Crippen LogP contribution >= 0.6 is 0 Å². The Hall–Kier alpha value is -3.41. The molecule has 0 bridgehead atoms. The number of carbonyl (C=O) groups is 3. The van der Waals surface area contributed by atoms with Crippen LogP contribution in [0.2, 0.25) is 0 Å². The van der Waals surface area contributed by atoms with E-state index in [9.17, 15) is 14.4 Å². The van der Waals surface area contributed by atoms with Gasteiger partial charge in [0.1, 0.15) is 13.2 Å².